The van der Waals surface area contributed by atoms with Crippen molar-refractivity contribution >= 4 is 72.4 Å². The summed E-state index contributed by atoms with van der Waals surface area (Å²) in [4.78, 5) is 55.0. The van der Waals surface area contributed by atoms with Crippen LogP contribution in [0.25, 0.3) is 32.7 Å². The van der Waals surface area contributed by atoms with E-state index in [0.29, 0.717) is 39.6 Å². The molecule has 0 saturated heterocycles. The van der Waals surface area contributed by atoms with Crippen LogP contribution in [0, 0.1) is 20.8 Å². The zero-order valence-electron chi connectivity index (χ0n) is 23.2. The van der Waals surface area contributed by atoms with Crippen LogP contribution in [0.15, 0.2) is 69.2 Å². The van der Waals surface area contributed by atoms with Gasteiger partial charge in [-0.15, -0.1) is 0 Å². The lowest BCUT2D eigenvalue weighted by Crippen LogP contribution is -2.10. The highest BCUT2D eigenvalue weighted by Gasteiger charge is 2.06. The van der Waals surface area contributed by atoms with Crippen molar-refractivity contribution in [2.45, 2.75) is 37.8 Å². The molecule has 3 heterocycles. The maximum absolute atomic E-state index is 11.7. The first kappa shape index (κ1) is 31.0. The SMILES string of the molecule is Cc1nc2cc(C)c(CBr)cc2c(=O)[nH]1.O=c1[nH]cnc2ccc(CBr)cc12.[B]Cc1ccc2nc(C)[nH]c(=O)c2c1. The molecule has 0 amide bonds. The van der Waals surface area contributed by atoms with E-state index < -0.39 is 0 Å². The molecule has 0 unspecified atom stereocenters. The number of hydrogen-bond donors (Lipinski definition) is 3. The van der Waals surface area contributed by atoms with Crippen LogP contribution in [0.3, 0.4) is 0 Å². The molecule has 0 bridgehead atoms. The van der Waals surface area contributed by atoms with Gasteiger partial charge >= 0.3 is 0 Å². The number of H-pyrrole nitrogens is 3. The molecule has 0 spiro atoms. The van der Waals surface area contributed by atoms with E-state index in [2.05, 4.69) is 61.8 Å². The number of nitrogens with one attached hydrogen (secondary N) is 3. The molecule has 0 aliphatic heterocycles. The van der Waals surface area contributed by atoms with E-state index in [1.54, 1.807) is 19.9 Å². The second-order valence-corrected chi connectivity index (χ2v) is 10.6. The van der Waals surface area contributed by atoms with Crippen LogP contribution < -0.4 is 16.7 Å². The molecule has 3 aromatic heterocycles. The van der Waals surface area contributed by atoms with Crippen molar-refractivity contribution < 1.29 is 0 Å². The fourth-order valence-electron chi connectivity index (χ4n) is 4.22. The fraction of sp³-hybridized carbons (Fsp3) is 0.200. The van der Waals surface area contributed by atoms with Crippen molar-refractivity contribution in [3.05, 3.63) is 120 Å². The van der Waals surface area contributed by atoms with E-state index in [-0.39, 0.29) is 16.7 Å². The van der Waals surface area contributed by atoms with Gasteiger partial charge in [-0.05, 0) is 73.9 Å². The summed E-state index contributed by atoms with van der Waals surface area (Å²) in [7, 11) is 5.49. The quantitative estimate of drug-likeness (QED) is 0.174. The molecule has 3 aromatic carbocycles. The minimum Gasteiger partial charge on any atom is -0.313 e. The lowest BCUT2D eigenvalue weighted by atomic mass is 9.96. The molecular formula is C30H27BBr2N6O3. The van der Waals surface area contributed by atoms with Crippen molar-refractivity contribution in [2.24, 2.45) is 0 Å². The predicted molar refractivity (Wildman–Crippen MR) is 176 cm³/mol. The molecule has 6 aromatic rings. The number of nitrogens with zero attached hydrogens (tertiary/aromatic N) is 3. The van der Waals surface area contributed by atoms with Gasteiger partial charge in [0.05, 0.1) is 46.9 Å². The Balaban J connectivity index is 0.000000145. The number of aromatic nitrogens is 6. The summed E-state index contributed by atoms with van der Waals surface area (Å²) in [6.07, 6.45) is 1.85. The lowest BCUT2D eigenvalue weighted by Gasteiger charge is -2.04. The molecule has 42 heavy (non-hydrogen) atoms. The monoisotopic (exact) mass is 688 g/mol. The maximum Gasteiger partial charge on any atom is 0.258 e. The van der Waals surface area contributed by atoms with Gasteiger partial charge in [0.15, 0.2) is 0 Å². The number of alkyl halides is 2. The number of halogens is 2. The highest BCUT2D eigenvalue weighted by atomic mass is 79.9. The first-order valence-corrected chi connectivity index (χ1v) is 15.2. The average Bonchev–Trinajstić information content (AvgIpc) is 2.97. The molecule has 2 radical (unpaired) electrons. The Hall–Kier alpha value is -3.90. The Morgan fingerprint density at radius 2 is 1.26 bits per heavy atom. The third-order valence-corrected chi connectivity index (χ3v) is 7.66. The smallest absolute Gasteiger partial charge is 0.258 e. The second-order valence-electron chi connectivity index (χ2n) is 9.50. The lowest BCUT2D eigenvalue weighted by molar-refractivity contribution is 1.06. The molecule has 12 heteroatoms. The highest BCUT2D eigenvalue weighted by molar-refractivity contribution is 9.08. The Kier molecular flexibility index (Phi) is 10.2. The average molecular weight is 690 g/mol. The van der Waals surface area contributed by atoms with Crippen molar-refractivity contribution in [3.63, 3.8) is 0 Å². The topological polar surface area (TPSA) is 137 Å². The molecule has 9 nitrogen and oxygen atoms in total. The van der Waals surface area contributed by atoms with Crippen LogP contribution in [0.1, 0.15) is 33.9 Å². The van der Waals surface area contributed by atoms with E-state index in [4.69, 9.17) is 7.85 Å². The minimum atomic E-state index is -0.109. The number of aryl methyl sites for hydroxylation is 3. The fourth-order valence-corrected chi connectivity index (χ4v) is 5.18. The minimum absolute atomic E-state index is 0.0697. The molecular weight excluding hydrogens is 663 g/mol. The summed E-state index contributed by atoms with van der Waals surface area (Å²) in [5.74, 6) is 1.28. The van der Waals surface area contributed by atoms with E-state index in [9.17, 15) is 14.4 Å². The van der Waals surface area contributed by atoms with E-state index >= 15 is 0 Å². The van der Waals surface area contributed by atoms with Crippen LogP contribution in [0.4, 0.5) is 0 Å². The van der Waals surface area contributed by atoms with Gasteiger partial charge in [-0.2, -0.15) is 0 Å². The third-order valence-electron chi connectivity index (χ3n) is 6.41. The van der Waals surface area contributed by atoms with Gasteiger partial charge in [-0.25, -0.2) is 15.0 Å². The standard InChI is InChI=1S/C11H11BrN2O.C10H9BN2O.C9H7BrN2O/c1-6-3-10-9(4-8(6)5-12)11(15)14-7(2)13-10;1-6-12-9-3-2-7(5-11)4-8(9)10(14)13-6;10-4-6-1-2-8-7(3-6)9(13)12-5-11-8/h3-4H,5H2,1-2H3,(H,13,14,15);2-4H,5H2,1H3,(H,12,13,14);1-3,5H,4H2,(H,11,12,13). The van der Waals surface area contributed by atoms with Crippen LogP contribution in [0.2, 0.25) is 0 Å². The number of hydrogen-bond acceptors (Lipinski definition) is 6. The van der Waals surface area contributed by atoms with Crippen LogP contribution in [0.5, 0.6) is 0 Å². The van der Waals surface area contributed by atoms with Crippen molar-refractivity contribution in [3.8, 4) is 0 Å². The summed E-state index contributed by atoms with van der Waals surface area (Å²) in [5, 5.41) is 3.39. The Morgan fingerprint density at radius 3 is 1.90 bits per heavy atom. The Labute approximate surface area is 258 Å². The summed E-state index contributed by atoms with van der Waals surface area (Å²) >= 11 is 6.74. The van der Waals surface area contributed by atoms with E-state index in [0.717, 1.165) is 43.9 Å². The van der Waals surface area contributed by atoms with Gasteiger partial charge in [0, 0.05) is 10.7 Å². The molecule has 0 fully saturated rings. The van der Waals surface area contributed by atoms with Gasteiger partial charge in [0.25, 0.3) is 16.7 Å². The molecule has 0 aliphatic rings. The van der Waals surface area contributed by atoms with Gasteiger partial charge in [-0.3, -0.25) is 14.4 Å². The molecule has 0 aliphatic carbocycles. The van der Waals surface area contributed by atoms with Crippen molar-refractivity contribution in [1.29, 1.82) is 0 Å². The van der Waals surface area contributed by atoms with Gasteiger partial charge in [0.2, 0.25) is 0 Å². The Morgan fingerprint density at radius 1 is 0.690 bits per heavy atom. The second kappa shape index (κ2) is 13.8. The zero-order chi connectivity index (χ0) is 30.4. The van der Waals surface area contributed by atoms with Gasteiger partial charge < -0.3 is 15.0 Å². The summed E-state index contributed by atoms with van der Waals surface area (Å²) in [5.41, 5.74) is 6.22. The summed E-state index contributed by atoms with van der Waals surface area (Å²) < 4.78 is 0. The van der Waals surface area contributed by atoms with Crippen molar-refractivity contribution in [2.75, 3.05) is 0 Å². The first-order chi connectivity index (χ1) is 20.1. The number of fused-ring (bicyclic) bond motifs is 3. The van der Waals surface area contributed by atoms with Gasteiger partial charge in [-0.1, -0.05) is 55.9 Å². The van der Waals surface area contributed by atoms with Crippen molar-refractivity contribution in [1.82, 2.24) is 29.9 Å². The summed E-state index contributed by atoms with van der Waals surface area (Å²) in [6, 6.07) is 15.0. The third kappa shape index (κ3) is 7.29. The molecule has 0 atom stereocenters. The number of benzene rings is 3. The molecule has 3 N–H and O–H groups in total. The van der Waals surface area contributed by atoms with E-state index in [1.165, 1.54) is 6.33 Å². The molecule has 0 saturated carbocycles. The Bertz CT molecular complexity index is 2070. The van der Waals surface area contributed by atoms with Crippen LogP contribution >= 0.6 is 31.9 Å². The summed E-state index contributed by atoms with van der Waals surface area (Å²) in [6.45, 7) is 5.57. The van der Waals surface area contributed by atoms with Crippen LogP contribution in [-0.2, 0) is 17.0 Å². The van der Waals surface area contributed by atoms with Crippen LogP contribution in [-0.4, -0.2) is 37.8 Å². The predicted octanol–water partition coefficient (Wildman–Crippen LogP) is 5.15. The largest absolute Gasteiger partial charge is 0.313 e. The maximum atomic E-state index is 11.7. The molecule has 6 rings (SSSR count). The van der Waals surface area contributed by atoms with Gasteiger partial charge in [0.1, 0.15) is 11.6 Å². The normalized spacial score (nSPS) is 10.7. The van der Waals surface area contributed by atoms with E-state index in [1.807, 2.05) is 49.4 Å². The molecule has 212 valence electrons. The first-order valence-electron chi connectivity index (χ1n) is 12.9. The number of rotatable bonds is 3. The highest BCUT2D eigenvalue weighted by Crippen LogP contribution is 2.18. The number of aromatic amines is 3. The zero-order valence-corrected chi connectivity index (χ0v) is 26.4.